The molecular formula is C19H19ClN4O4S. The molecule has 0 saturated heterocycles. The quantitative estimate of drug-likeness (QED) is 0.504. The summed E-state index contributed by atoms with van der Waals surface area (Å²) in [6.07, 6.45) is 1.76. The molecule has 0 atom stereocenters. The standard InChI is InChI=1S/C19H19ClN4O4S/c1-28-16-8-6-15(7-9-16)24-29(26,27)19-17(12-22-23-19)18(25)21-11-10-13-2-4-14(20)5-3-13/h2-9,12,24H,10-11H2,1H3,(H,21,25)(H,22,23). The number of halogens is 1. The Kier molecular flexibility index (Phi) is 6.40. The monoisotopic (exact) mass is 434 g/mol. The maximum Gasteiger partial charge on any atom is 0.279 e. The van der Waals surface area contributed by atoms with Crippen molar-refractivity contribution in [2.75, 3.05) is 18.4 Å². The van der Waals surface area contributed by atoms with Gasteiger partial charge in [0.15, 0.2) is 5.03 Å². The first kappa shape index (κ1) is 20.7. The Hall–Kier alpha value is -3.04. The van der Waals surface area contributed by atoms with Gasteiger partial charge in [-0.3, -0.25) is 14.6 Å². The van der Waals surface area contributed by atoms with Crippen LogP contribution in [0.15, 0.2) is 59.8 Å². The second-order valence-electron chi connectivity index (χ2n) is 6.08. The third kappa shape index (κ3) is 5.27. The van der Waals surface area contributed by atoms with E-state index in [-0.39, 0.29) is 10.6 Å². The highest BCUT2D eigenvalue weighted by atomic mass is 35.5. The van der Waals surface area contributed by atoms with Gasteiger partial charge in [-0.1, -0.05) is 23.7 Å². The SMILES string of the molecule is COc1ccc(NS(=O)(=O)c2[nH]ncc2C(=O)NCCc2ccc(Cl)cc2)cc1. The molecule has 3 aromatic rings. The molecule has 152 valence electrons. The van der Waals surface area contributed by atoms with E-state index in [1.165, 1.54) is 13.3 Å². The molecule has 2 aromatic carbocycles. The van der Waals surface area contributed by atoms with Gasteiger partial charge in [-0.05, 0) is 48.4 Å². The van der Waals surface area contributed by atoms with Crippen molar-refractivity contribution >= 4 is 33.2 Å². The van der Waals surface area contributed by atoms with Gasteiger partial charge in [-0.15, -0.1) is 0 Å². The molecule has 0 unspecified atom stereocenters. The summed E-state index contributed by atoms with van der Waals surface area (Å²) in [6.45, 7) is 0.330. The van der Waals surface area contributed by atoms with Crippen molar-refractivity contribution in [2.24, 2.45) is 0 Å². The number of sulfonamides is 1. The number of methoxy groups -OCH3 is 1. The van der Waals surface area contributed by atoms with Crippen molar-refractivity contribution in [3.8, 4) is 5.75 Å². The first-order valence-electron chi connectivity index (χ1n) is 8.62. The fourth-order valence-corrected chi connectivity index (χ4v) is 3.86. The molecule has 0 radical (unpaired) electrons. The molecule has 1 heterocycles. The van der Waals surface area contributed by atoms with Crippen LogP contribution in [0.1, 0.15) is 15.9 Å². The van der Waals surface area contributed by atoms with Gasteiger partial charge in [0.25, 0.3) is 15.9 Å². The largest absolute Gasteiger partial charge is 0.497 e. The van der Waals surface area contributed by atoms with Gasteiger partial charge in [0.05, 0.1) is 18.9 Å². The number of nitrogens with zero attached hydrogens (tertiary/aromatic N) is 1. The highest BCUT2D eigenvalue weighted by molar-refractivity contribution is 7.92. The minimum absolute atomic E-state index is 0.0675. The Balaban J connectivity index is 1.66. The number of hydrogen-bond acceptors (Lipinski definition) is 5. The van der Waals surface area contributed by atoms with Crippen molar-refractivity contribution in [1.29, 1.82) is 0 Å². The number of carbonyl (C=O) groups excluding carboxylic acids is 1. The van der Waals surface area contributed by atoms with Crippen LogP contribution in [0.2, 0.25) is 5.02 Å². The zero-order valence-electron chi connectivity index (χ0n) is 15.5. The number of hydrogen-bond donors (Lipinski definition) is 3. The first-order valence-corrected chi connectivity index (χ1v) is 10.5. The topological polar surface area (TPSA) is 113 Å². The maximum absolute atomic E-state index is 12.7. The van der Waals surface area contributed by atoms with Crippen LogP contribution in [0.5, 0.6) is 5.75 Å². The lowest BCUT2D eigenvalue weighted by atomic mass is 10.1. The highest BCUT2D eigenvalue weighted by Gasteiger charge is 2.25. The number of aromatic nitrogens is 2. The predicted molar refractivity (Wildman–Crippen MR) is 110 cm³/mol. The number of rotatable bonds is 8. The molecule has 10 heteroatoms. The van der Waals surface area contributed by atoms with Gasteiger partial charge in [-0.25, -0.2) is 0 Å². The highest BCUT2D eigenvalue weighted by Crippen LogP contribution is 2.20. The zero-order chi connectivity index (χ0) is 20.9. The summed E-state index contributed by atoms with van der Waals surface area (Å²) in [4.78, 5) is 12.5. The molecule has 1 aromatic heterocycles. The van der Waals surface area contributed by atoms with E-state index in [4.69, 9.17) is 16.3 Å². The summed E-state index contributed by atoms with van der Waals surface area (Å²) in [7, 11) is -2.52. The van der Waals surface area contributed by atoms with Gasteiger partial charge in [0.1, 0.15) is 5.75 Å². The molecular weight excluding hydrogens is 416 g/mol. The average Bonchev–Trinajstić information content (AvgIpc) is 3.21. The van der Waals surface area contributed by atoms with Gasteiger partial charge in [-0.2, -0.15) is 13.5 Å². The smallest absolute Gasteiger partial charge is 0.279 e. The third-order valence-corrected chi connectivity index (χ3v) is 5.68. The zero-order valence-corrected chi connectivity index (χ0v) is 17.0. The summed E-state index contributed by atoms with van der Waals surface area (Å²) < 4.78 is 32.8. The number of ether oxygens (including phenoxy) is 1. The second kappa shape index (κ2) is 8.97. The summed E-state index contributed by atoms with van der Waals surface area (Å²) in [6, 6.07) is 13.6. The van der Waals surface area contributed by atoms with Gasteiger partial charge in [0.2, 0.25) is 0 Å². The first-order chi connectivity index (χ1) is 13.9. The molecule has 3 rings (SSSR count). The molecule has 0 aliphatic heterocycles. The van der Waals surface area contributed by atoms with Crippen LogP contribution < -0.4 is 14.8 Å². The summed E-state index contributed by atoms with van der Waals surface area (Å²) in [5, 5.41) is 9.12. The molecule has 0 saturated carbocycles. The van der Waals surface area contributed by atoms with Crippen LogP contribution in [-0.4, -0.2) is 38.2 Å². The molecule has 0 fully saturated rings. The lowest BCUT2D eigenvalue weighted by Gasteiger charge is -2.09. The number of amides is 1. The molecule has 0 aliphatic carbocycles. The number of anilines is 1. The van der Waals surface area contributed by atoms with Crippen molar-refractivity contribution in [2.45, 2.75) is 11.4 Å². The molecule has 0 bridgehead atoms. The minimum Gasteiger partial charge on any atom is -0.497 e. The number of H-pyrrole nitrogens is 1. The van der Waals surface area contributed by atoms with E-state index in [0.717, 1.165) is 5.56 Å². The Morgan fingerprint density at radius 3 is 2.48 bits per heavy atom. The minimum atomic E-state index is -4.03. The normalized spacial score (nSPS) is 11.1. The summed E-state index contributed by atoms with van der Waals surface area (Å²) in [5.74, 6) is 0.0538. The number of nitrogens with one attached hydrogen (secondary N) is 3. The van der Waals surface area contributed by atoms with Crippen LogP contribution >= 0.6 is 11.6 Å². The van der Waals surface area contributed by atoms with Gasteiger partial charge in [0, 0.05) is 17.3 Å². The van der Waals surface area contributed by atoms with Crippen LogP contribution in [0.25, 0.3) is 0 Å². The number of carbonyl (C=O) groups is 1. The number of aromatic amines is 1. The summed E-state index contributed by atoms with van der Waals surface area (Å²) >= 11 is 5.85. The lowest BCUT2D eigenvalue weighted by molar-refractivity contribution is 0.0951. The molecule has 29 heavy (non-hydrogen) atoms. The van der Waals surface area contributed by atoms with Crippen LogP contribution in [-0.2, 0) is 16.4 Å². The van der Waals surface area contributed by atoms with E-state index in [1.807, 2.05) is 12.1 Å². The maximum atomic E-state index is 12.7. The molecule has 0 aliphatic rings. The van der Waals surface area contributed by atoms with Crippen LogP contribution in [0, 0.1) is 0 Å². The lowest BCUT2D eigenvalue weighted by Crippen LogP contribution is -2.27. The van der Waals surface area contributed by atoms with Gasteiger partial charge >= 0.3 is 0 Å². The van der Waals surface area contributed by atoms with Crippen molar-refractivity contribution in [1.82, 2.24) is 15.5 Å². The van der Waals surface area contributed by atoms with E-state index in [0.29, 0.717) is 29.4 Å². The Bertz CT molecular complexity index is 1080. The second-order valence-corrected chi connectivity index (χ2v) is 8.13. The van der Waals surface area contributed by atoms with E-state index >= 15 is 0 Å². The van der Waals surface area contributed by atoms with E-state index in [1.54, 1.807) is 36.4 Å². The fraction of sp³-hybridized carbons (Fsp3) is 0.158. The van der Waals surface area contributed by atoms with E-state index in [9.17, 15) is 13.2 Å². The predicted octanol–water partition coefficient (Wildman–Crippen LogP) is 2.85. The third-order valence-electron chi connectivity index (χ3n) is 4.07. The van der Waals surface area contributed by atoms with E-state index in [2.05, 4.69) is 20.2 Å². The average molecular weight is 435 g/mol. The van der Waals surface area contributed by atoms with Crippen LogP contribution in [0.4, 0.5) is 5.69 Å². The molecule has 8 nitrogen and oxygen atoms in total. The molecule has 0 spiro atoms. The van der Waals surface area contributed by atoms with Crippen molar-refractivity contribution in [3.63, 3.8) is 0 Å². The Morgan fingerprint density at radius 2 is 1.83 bits per heavy atom. The van der Waals surface area contributed by atoms with E-state index < -0.39 is 15.9 Å². The Morgan fingerprint density at radius 1 is 1.14 bits per heavy atom. The van der Waals surface area contributed by atoms with Gasteiger partial charge < -0.3 is 10.1 Å². The molecule has 1 amide bonds. The Labute approximate surface area is 173 Å². The fourth-order valence-electron chi connectivity index (χ4n) is 2.57. The van der Waals surface area contributed by atoms with Crippen LogP contribution in [0.3, 0.4) is 0 Å². The van der Waals surface area contributed by atoms with Crippen molar-refractivity contribution < 1.29 is 17.9 Å². The number of benzene rings is 2. The molecule has 3 N–H and O–H groups in total. The van der Waals surface area contributed by atoms with Crippen molar-refractivity contribution in [3.05, 3.63) is 70.9 Å². The summed E-state index contributed by atoms with van der Waals surface area (Å²) in [5.41, 5.74) is 1.26.